The van der Waals surface area contributed by atoms with Gasteiger partial charge in [-0.2, -0.15) is 0 Å². The number of amides is 1. The van der Waals surface area contributed by atoms with Gasteiger partial charge in [-0.15, -0.1) is 0 Å². The topological polar surface area (TPSA) is 110 Å². The Morgan fingerprint density at radius 1 is 1.06 bits per heavy atom. The van der Waals surface area contributed by atoms with Crippen LogP contribution in [0.1, 0.15) is 23.4 Å². The summed E-state index contributed by atoms with van der Waals surface area (Å²) < 4.78 is 33.0. The summed E-state index contributed by atoms with van der Waals surface area (Å²) in [6.45, 7) is 2.29. The van der Waals surface area contributed by atoms with Crippen molar-refractivity contribution in [2.45, 2.75) is 12.3 Å². The zero-order valence-electron chi connectivity index (χ0n) is 20.0. The maximum Gasteiger partial charge on any atom is 0.271 e. The summed E-state index contributed by atoms with van der Waals surface area (Å²) in [5, 5.41) is 9.91. The number of rotatable bonds is 7. The van der Waals surface area contributed by atoms with Crippen molar-refractivity contribution in [3.05, 3.63) is 98.9 Å². The molecule has 0 aliphatic carbocycles. The third-order valence-corrected chi connectivity index (χ3v) is 7.74. The zero-order valence-corrected chi connectivity index (χ0v) is 20.8. The predicted molar refractivity (Wildman–Crippen MR) is 139 cm³/mol. The molecule has 0 spiro atoms. The van der Waals surface area contributed by atoms with Gasteiger partial charge in [-0.25, -0.2) is 8.42 Å². The number of nitro groups is 1. The van der Waals surface area contributed by atoms with Gasteiger partial charge in [0.1, 0.15) is 10.7 Å². The molecule has 1 aliphatic rings. The lowest BCUT2D eigenvalue weighted by Crippen LogP contribution is -2.29. The highest BCUT2D eigenvalue weighted by Crippen LogP contribution is 2.44. The fourth-order valence-corrected chi connectivity index (χ4v) is 5.89. The van der Waals surface area contributed by atoms with Crippen LogP contribution in [0.2, 0.25) is 0 Å². The van der Waals surface area contributed by atoms with Gasteiger partial charge in [0, 0.05) is 37.6 Å². The number of benzene rings is 3. The average Bonchev–Trinajstić information content (AvgIpc) is 3.05. The normalized spacial score (nSPS) is 17.9. The van der Waals surface area contributed by atoms with Gasteiger partial charge in [-0.05, 0) is 60.5 Å². The molecule has 0 N–H and O–H groups in total. The number of hydrogen-bond donors (Lipinski definition) is 0. The number of carbonyl (C=O) groups is 1. The van der Waals surface area contributed by atoms with E-state index in [1.807, 2.05) is 38.1 Å². The van der Waals surface area contributed by atoms with Gasteiger partial charge in [-0.1, -0.05) is 24.3 Å². The number of nitrogens with zero attached hydrogens (tertiary/aromatic N) is 3. The van der Waals surface area contributed by atoms with Crippen molar-refractivity contribution in [2.75, 3.05) is 30.5 Å². The highest BCUT2D eigenvalue weighted by Gasteiger charge is 2.50. The largest absolute Gasteiger partial charge is 0.494 e. The van der Waals surface area contributed by atoms with Crippen molar-refractivity contribution in [3.63, 3.8) is 0 Å². The molecule has 10 heteroatoms. The van der Waals surface area contributed by atoms with E-state index in [0.29, 0.717) is 23.6 Å². The Bertz CT molecular complexity index is 1430. The van der Waals surface area contributed by atoms with E-state index in [-0.39, 0.29) is 16.2 Å². The molecule has 3 aromatic carbocycles. The molecule has 186 valence electrons. The lowest BCUT2D eigenvalue weighted by Gasteiger charge is -2.23. The van der Waals surface area contributed by atoms with E-state index in [2.05, 4.69) is 0 Å². The maximum atomic E-state index is 13.8. The first kappa shape index (κ1) is 24.9. The summed E-state index contributed by atoms with van der Waals surface area (Å²) in [5.74, 6) is -0.147. The van der Waals surface area contributed by atoms with Gasteiger partial charge in [-0.3, -0.25) is 19.8 Å². The van der Waals surface area contributed by atoms with Crippen molar-refractivity contribution in [1.29, 1.82) is 0 Å². The molecule has 0 aromatic heterocycles. The minimum atomic E-state index is -4.24. The zero-order chi connectivity index (χ0) is 26.0. The summed E-state index contributed by atoms with van der Waals surface area (Å²) >= 11 is 0. The monoisotopic (exact) mass is 507 g/mol. The van der Waals surface area contributed by atoms with Gasteiger partial charge < -0.3 is 9.64 Å². The SMILES string of the molecule is CCOc1ccc(N2C(=O)/C(=C\c3ccc(N(C)C)cc3)S(=O)(=O)C2c2cccc([N+](=O)[O-])c2)cc1. The van der Waals surface area contributed by atoms with Crippen LogP contribution in [0, 0.1) is 10.1 Å². The third-order valence-electron chi connectivity index (χ3n) is 5.76. The molecule has 0 radical (unpaired) electrons. The number of hydrogen-bond acceptors (Lipinski definition) is 7. The molecule has 4 rings (SSSR count). The van der Waals surface area contributed by atoms with Gasteiger partial charge in [0.25, 0.3) is 11.6 Å². The van der Waals surface area contributed by atoms with Crippen LogP contribution in [0.25, 0.3) is 6.08 Å². The minimum absolute atomic E-state index is 0.123. The number of non-ortho nitro benzene ring substituents is 1. The molecule has 1 amide bonds. The van der Waals surface area contributed by atoms with Gasteiger partial charge in [0.15, 0.2) is 5.37 Å². The molecule has 1 atom stereocenters. The Kier molecular flexibility index (Phi) is 6.80. The van der Waals surface area contributed by atoms with Crippen molar-refractivity contribution in [2.24, 2.45) is 0 Å². The van der Waals surface area contributed by atoms with Crippen molar-refractivity contribution >= 4 is 38.9 Å². The van der Waals surface area contributed by atoms with E-state index in [4.69, 9.17) is 4.74 Å². The number of carbonyl (C=O) groups excluding carboxylic acids is 1. The summed E-state index contributed by atoms with van der Waals surface area (Å²) in [4.78, 5) is 27.1. The Balaban J connectivity index is 1.86. The molecule has 1 fully saturated rings. The standard InChI is InChI=1S/C26H25N3O6S/c1-4-35-23-14-12-21(13-15-23)28-25(30)24(16-18-8-10-20(11-9-18)27(2)3)36(33,34)26(28)19-6-5-7-22(17-19)29(31)32/h5-17,26H,4H2,1-3H3/b24-16+. The molecule has 0 bridgehead atoms. The fourth-order valence-electron chi connectivity index (χ4n) is 4.01. The van der Waals surface area contributed by atoms with Crippen LogP contribution in [0.3, 0.4) is 0 Å². The van der Waals surface area contributed by atoms with Crippen LogP contribution in [0.5, 0.6) is 5.75 Å². The van der Waals surface area contributed by atoms with Gasteiger partial charge in [0.2, 0.25) is 9.84 Å². The second-order valence-corrected chi connectivity index (χ2v) is 10.3. The molecule has 1 heterocycles. The lowest BCUT2D eigenvalue weighted by atomic mass is 10.1. The molecule has 36 heavy (non-hydrogen) atoms. The Labute approximate surface area is 209 Å². The van der Waals surface area contributed by atoms with E-state index >= 15 is 0 Å². The van der Waals surface area contributed by atoms with Crippen LogP contribution < -0.4 is 14.5 Å². The molecule has 1 saturated heterocycles. The second-order valence-electron chi connectivity index (χ2n) is 8.35. The van der Waals surface area contributed by atoms with Crippen LogP contribution in [-0.4, -0.2) is 40.0 Å². The highest BCUT2D eigenvalue weighted by molar-refractivity contribution is 7.97. The Morgan fingerprint density at radius 3 is 2.31 bits per heavy atom. The molecular weight excluding hydrogens is 482 g/mol. The van der Waals surface area contributed by atoms with Crippen molar-refractivity contribution in [3.8, 4) is 5.75 Å². The third kappa shape index (κ3) is 4.67. The molecule has 1 aliphatic heterocycles. The minimum Gasteiger partial charge on any atom is -0.494 e. The van der Waals surface area contributed by atoms with Gasteiger partial charge >= 0.3 is 0 Å². The number of anilines is 2. The van der Waals surface area contributed by atoms with Crippen molar-refractivity contribution < 1.29 is 22.9 Å². The van der Waals surface area contributed by atoms with E-state index in [1.54, 1.807) is 36.4 Å². The summed E-state index contributed by atoms with van der Waals surface area (Å²) in [6, 6.07) is 18.9. The first-order chi connectivity index (χ1) is 17.1. The number of sulfone groups is 1. The fraction of sp³-hybridized carbons (Fsp3) is 0.192. The molecule has 9 nitrogen and oxygen atoms in total. The Morgan fingerprint density at radius 2 is 1.72 bits per heavy atom. The number of nitro benzene ring substituents is 1. The smallest absolute Gasteiger partial charge is 0.271 e. The quantitative estimate of drug-likeness (QED) is 0.262. The highest BCUT2D eigenvalue weighted by atomic mass is 32.2. The van der Waals surface area contributed by atoms with Crippen LogP contribution in [0.15, 0.2) is 77.7 Å². The van der Waals surface area contributed by atoms with E-state index in [9.17, 15) is 23.3 Å². The predicted octanol–water partition coefficient (Wildman–Crippen LogP) is 4.56. The average molecular weight is 508 g/mol. The summed E-state index contributed by atoms with van der Waals surface area (Å²) in [7, 11) is -0.470. The molecule has 0 saturated carbocycles. The first-order valence-corrected chi connectivity index (χ1v) is 12.7. The molecule has 1 unspecified atom stereocenters. The molecular formula is C26H25N3O6S. The van der Waals surface area contributed by atoms with Crippen LogP contribution >= 0.6 is 0 Å². The van der Waals surface area contributed by atoms with Crippen molar-refractivity contribution in [1.82, 2.24) is 0 Å². The molecule has 3 aromatic rings. The first-order valence-electron chi connectivity index (χ1n) is 11.2. The van der Waals surface area contributed by atoms with E-state index in [1.165, 1.54) is 30.3 Å². The van der Waals surface area contributed by atoms with E-state index < -0.39 is 26.0 Å². The van der Waals surface area contributed by atoms with Crippen LogP contribution in [-0.2, 0) is 14.6 Å². The lowest BCUT2D eigenvalue weighted by molar-refractivity contribution is -0.384. The second kappa shape index (κ2) is 9.82. The summed E-state index contributed by atoms with van der Waals surface area (Å²) in [5.41, 5.74) is 1.65. The Hall–Kier alpha value is -4.18. The van der Waals surface area contributed by atoms with Crippen LogP contribution in [0.4, 0.5) is 17.1 Å². The maximum absolute atomic E-state index is 13.8. The number of ether oxygens (including phenoxy) is 1. The van der Waals surface area contributed by atoms with Gasteiger partial charge in [0.05, 0.1) is 11.5 Å². The summed E-state index contributed by atoms with van der Waals surface area (Å²) in [6.07, 6.45) is 1.34. The van der Waals surface area contributed by atoms with E-state index in [0.717, 1.165) is 10.6 Å².